The van der Waals surface area contributed by atoms with E-state index in [1.807, 2.05) is 55.4 Å². The maximum Gasteiger partial charge on any atom is 0.273 e. The molecule has 0 spiro atoms. The van der Waals surface area contributed by atoms with Crippen molar-refractivity contribution in [2.24, 2.45) is 0 Å². The Morgan fingerprint density at radius 3 is 2.44 bits per heavy atom. The highest BCUT2D eigenvalue weighted by Gasteiger charge is 2.23. The van der Waals surface area contributed by atoms with E-state index in [1.54, 1.807) is 0 Å². The average Bonchev–Trinajstić information content (AvgIpc) is 3.32. The third kappa shape index (κ3) is 6.33. The van der Waals surface area contributed by atoms with Crippen LogP contribution in [0, 0.1) is 0 Å². The average molecular weight is 491 g/mol. The van der Waals surface area contributed by atoms with E-state index < -0.39 is 0 Å². The third-order valence-electron chi connectivity index (χ3n) is 6.51. The molecule has 1 amide bonds. The Morgan fingerprint density at radius 1 is 1.06 bits per heavy atom. The van der Waals surface area contributed by atoms with E-state index in [1.165, 1.54) is 5.56 Å². The fourth-order valence-electron chi connectivity index (χ4n) is 4.24. The first-order valence-corrected chi connectivity index (χ1v) is 12.7. The van der Waals surface area contributed by atoms with Crippen LogP contribution in [0.1, 0.15) is 43.2 Å². The van der Waals surface area contributed by atoms with Crippen LogP contribution in [0.4, 0.5) is 5.69 Å². The van der Waals surface area contributed by atoms with Crippen molar-refractivity contribution in [1.29, 1.82) is 0 Å². The normalized spacial score (nSPS) is 14.6. The van der Waals surface area contributed by atoms with Crippen molar-refractivity contribution < 1.29 is 13.9 Å². The molecule has 1 saturated heterocycles. The van der Waals surface area contributed by atoms with Gasteiger partial charge in [0.05, 0.1) is 13.2 Å². The first-order valence-electron chi connectivity index (χ1n) is 12.7. The van der Waals surface area contributed by atoms with Crippen LogP contribution in [0.5, 0.6) is 0 Å². The van der Waals surface area contributed by atoms with Gasteiger partial charge in [-0.15, -0.1) is 0 Å². The Labute approximate surface area is 214 Å². The zero-order valence-corrected chi connectivity index (χ0v) is 22.1. The van der Waals surface area contributed by atoms with Gasteiger partial charge < -0.3 is 19.4 Å². The predicted octanol–water partition coefficient (Wildman–Crippen LogP) is 4.82. The molecule has 1 fully saturated rings. The number of hydrogen-bond acceptors (Lipinski definition) is 6. The van der Waals surface area contributed by atoms with Crippen molar-refractivity contribution in [1.82, 2.24) is 15.2 Å². The van der Waals surface area contributed by atoms with Gasteiger partial charge in [0.15, 0.2) is 11.5 Å². The van der Waals surface area contributed by atoms with E-state index in [2.05, 4.69) is 48.1 Å². The van der Waals surface area contributed by atoms with Crippen molar-refractivity contribution in [3.63, 3.8) is 0 Å². The Bertz CT molecular complexity index is 1160. The molecule has 0 atom stereocenters. The predicted molar refractivity (Wildman–Crippen MR) is 145 cm³/mol. The van der Waals surface area contributed by atoms with E-state index in [-0.39, 0.29) is 11.3 Å². The second kappa shape index (κ2) is 11.3. The van der Waals surface area contributed by atoms with Crippen LogP contribution in [0.3, 0.4) is 0 Å². The first-order chi connectivity index (χ1) is 17.2. The highest BCUT2D eigenvalue weighted by Crippen LogP contribution is 2.33. The van der Waals surface area contributed by atoms with Crippen molar-refractivity contribution in [2.75, 3.05) is 58.4 Å². The molecule has 7 heteroatoms. The molecule has 0 unspecified atom stereocenters. The minimum absolute atomic E-state index is 0.0547. The van der Waals surface area contributed by atoms with Crippen molar-refractivity contribution >= 4 is 11.6 Å². The molecule has 0 bridgehead atoms. The standard InChI is InChI=1S/C29H38N4O3/c1-29(2,3)23-12-10-21(11-13-23)28-31-25(26(36-28)22-8-6-9-24(20-22)32(4)5)27(34)30-14-7-15-33-16-18-35-19-17-33/h6,8-13,20H,7,14-19H2,1-5H3,(H,30,34). The van der Waals surface area contributed by atoms with Crippen LogP contribution in [-0.2, 0) is 10.2 Å². The molecule has 0 saturated carbocycles. The summed E-state index contributed by atoms with van der Waals surface area (Å²) in [5.74, 6) is 0.710. The zero-order chi connectivity index (χ0) is 25.7. The van der Waals surface area contributed by atoms with E-state index in [0.29, 0.717) is 23.9 Å². The summed E-state index contributed by atoms with van der Waals surface area (Å²) < 4.78 is 11.7. The van der Waals surface area contributed by atoms with Crippen LogP contribution < -0.4 is 10.2 Å². The molecule has 2 aromatic carbocycles. The number of ether oxygens (including phenoxy) is 1. The number of hydrogen-bond donors (Lipinski definition) is 1. The molecule has 1 aliphatic heterocycles. The minimum Gasteiger partial charge on any atom is -0.435 e. The molecule has 1 aromatic heterocycles. The lowest BCUT2D eigenvalue weighted by molar-refractivity contribution is 0.0374. The molecule has 2 heterocycles. The summed E-state index contributed by atoms with van der Waals surface area (Å²) in [6.45, 7) is 11.5. The summed E-state index contributed by atoms with van der Waals surface area (Å²) in [5.41, 5.74) is 4.29. The number of carbonyl (C=O) groups is 1. The lowest BCUT2D eigenvalue weighted by Gasteiger charge is -2.26. The summed E-state index contributed by atoms with van der Waals surface area (Å²) in [7, 11) is 3.98. The Balaban J connectivity index is 1.57. The van der Waals surface area contributed by atoms with Crippen molar-refractivity contribution in [3.8, 4) is 22.8 Å². The van der Waals surface area contributed by atoms with Crippen LogP contribution in [-0.4, -0.2) is 69.3 Å². The maximum atomic E-state index is 13.3. The lowest BCUT2D eigenvalue weighted by Crippen LogP contribution is -2.38. The van der Waals surface area contributed by atoms with Gasteiger partial charge in [0.2, 0.25) is 5.89 Å². The fourth-order valence-corrected chi connectivity index (χ4v) is 4.24. The van der Waals surface area contributed by atoms with Crippen LogP contribution in [0.25, 0.3) is 22.8 Å². The van der Waals surface area contributed by atoms with Crippen molar-refractivity contribution in [2.45, 2.75) is 32.6 Å². The summed E-state index contributed by atoms with van der Waals surface area (Å²) in [4.78, 5) is 22.3. The first kappa shape index (κ1) is 25.9. The molecule has 0 aliphatic carbocycles. The van der Waals surface area contributed by atoms with E-state index in [9.17, 15) is 4.79 Å². The van der Waals surface area contributed by atoms with Crippen LogP contribution >= 0.6 is 0 Å². The molecule has 192 valence electrons. The van der Waals surface area contributed by atoms with Crippen molar-refractivity contribution in [3.05, 3.63) is 59.8 Å². The molecular formula is C29H38N4O3. The smallest absolute Gasteiger partial charge is 0.273 e. The van der Waals surface area contributed by atoms with Gasteiger partial charge in [-0.2, -0.15) is 0 Å². The molecule has 0 radical (unpaired) electrons. The van der Waals surface area contributed by atoms with Gasteiger partial charge in [-0.3, -0.25) is 9.69 Å². The van der Waals surface area contributed by atoms with Gasteiger partial charge in [-0.1, -0.05) is 45.0 Å². The topological polar surface area (TPSA) is 70.8 Å². The van der Waals surface area contributed by atoms with Gasteiger partial charge in [0.25, 0.3) is 5.91 Å². The molecule has 1 aliphatic rings. The van der Waals surface area contributed by atoms with Gasteiger partial charge in [0.1, 0.15) is 0 Å². The van der Waals surface area contributed by atoms with Gasteiger partial charge >= 0.3 is 0 Å². The summed E-state index contributed by atoms with van der Waals surface area (Å²) >= 11 is 0. The number of aromatic nitrogens is 1. The Morgan fingerprint density at radius 2 is 1.78 bits per heavy atom. The number of oxazole rings is 1. The number of morpholine rings is 1. The Kier molecular flexibility index (Phi) is 8.11. The van der Waals surface area contributed by atoms with E-state index >= 15 is 0 Å². The number of nitrogens with one attached hydrogen (secondary N) is 1. The number of nitrogens with zero attached hydrogens (tertiary/aromatic N) is 3. The highest BCUT2D eigenvalue weighted by molar-refractivity contribution is 5.98. The number of anilines is 1. The highest BCUT2D eigenvalue weighted by atomic mass is 16.5. The summed E-state index contributed by atoms with van der Waals surface area (Å²) in [6, 6.07) is 16.2. The minimum atomic E-state index is -0.219. The number of benzene rings is 2. The zero-order valence-electron chi connectivity index (χ0n) is 22.1. The van der Waals surface area contributed by atoms with Crippen LogP contribution in [0.15, 0.2) is 52.9 Å². The summed E-state index contributed by atoms with van der Waals surface area (Å²) in [5, 5.41) is 3.05. The van der Waals surface area contributed by atoms with Crippen LogP contribution in [0.2, 0.25) is 0 Å². The number of rotatable bonds is 8. The lowest BCUT2D eigenvalue weighted by atomic mass is 9.87. The monoisotopic (exact) mass is 490 g/mol. The SMILES string of the molecule is CN(C)c1cccc(-c2oc(-c3ccc(C(C)(C)C)cc3)nc2C(=O)NCCCN2CCOCC2)c1. The molecule has 36 heavy (non-hydrogen) atoms. The van der Waals surface area contributed by atoms with Gasteiger partial charge in [0, 0.05) is 50.5 Å². The van der Waals surface area contributed by atoms with Gasteiger partial charge in [-0.05, 0) is 48.2 Å². The fraction of sp³-hybridized carbons (Fsp3) is 0.448. The largest absolute Gasteiger partial charge is 0.435 e. The molecule has 1 N–H and O–H groups in total. The number of amides is 1. The molecule has 7 nitrogen and oxygen atoms in total. The third-order valence-corrected chi connectivity index (χ3v) is 6.51. The molecular weight excluding hydrogens is 452 g/mol. The maximum absolute atomic E-state index is 13.3. The quantitative estimate of drug-likeness (QED) is 0.457. The molecule has 4 rings (SSSR count). The number of carbonyl (C=O) groups excluding carboxylic acids is 1. The van der Waals surface area contributed by atoms with Gasteiger partial charge in [-0.25, -0.2) is 4.98 Å². The molecule has 3 aromatic rings. The summed E-state index contributed by atoms with van der Waals surface area (Å²) in [6.07, 6.45) is 0.871. The van der Waals surface area contributed by atoms with E-state index in [4.69, 9.17) is 9.15 Å². The second-order valence-electron chi connectivity index (χ2n) is 10.5. The Hall–Kier alpha value is -3.16. The van der Waals surface area contributed by atoms with E-state index in [0.717, 1.165) is 56.1 Å². The second-order valence-corrected chi connectivity index (χ2v) is 10.5.